The first-order valence-electron chi connectivity index (χ1n) is 9.08. The van der Waals surface area contributed by atoms with Gasteiger partial charge in [-0.2, -0.15) is 5.26 Å². The van der Waals surface area contributed by atoms with Crippen molar-refractivity contribution < 1.29 is 0 Å². The zero-order chi connectivity index (χ0) is 19.3. The first kappa shape index (κ1) is 18.8. The van der Waals surface area contributed by atoms with Crippen molar-refractivity contribution in [3.8, 4) is 17.5 Å². The molecule has 0 unspecified atom stereocenters. The Morgan fingerprint density at radius 3 is 2.64 bits per heavy atom. The van der Waals surface area contributed by atoms with Crippen molar-refractivity contribution in [1.82, 2.24) is 20.2 Å². The van der Waals surface area contributed by atoms with E-state index in [-0.39, 0.29) is 0 Å². The predicted molar refractivity (Wildman–Crippen MR) is 110 cm³/mol. The molecule has 1 fully saturated rings. The van der Waals surface area contributed by atoms with E-state index in [1.165, 1.54) is 31.0 Å². The van der Waals surface area contributed by atoms with Crippen molar-refractivity contribution in [2.45, 2.75) is 35.0 Å². The second-order valence-corrected chi connectivity index (χ2v) is 8.69. The fourth-order valence-electron chi connectivity index (χ4n) is 3.01. The van der Waals surface area contributed by atoms with E-state index in [1.54, 1.807) is 29.8 Å². The summed E-state index contributed by atoms with van der Waals surface area (Å²) in [5, 5.41) is 19.0. The maximum absolute atomic E-state index is 9.30. The van der Waals surface area contributed by atoms with Gasteiger partial charge in [0.15, 0.2) is 10.2 Å². The molecule has 0 spiro atoms. The lowest BCUT2D eigenvalue weighted by Crippen LogP contribution is -2.29. The Balaban J connectivity index is 1.62. The van der Waals surface area contributed by atoms with Crippen LogP contribution >= 0.6 is 23.1 Å². The average Bonchev–Trinajstić information content (AvgIpc) is 3.23. The summed E-state index contributed by atoms with van der Waals surface area (Å²) in [6.07, 6.45) is 7.14. The molecule has 0 bridgehead atoms. The number of rotatable bonds is 5. The lowest BCUT2D eigenvalue weighted by molar-refractivity contribution is 0.575. The third-order valence-corrected chi connectivity index (χ3v) is 6.60. The minimum atomic E-state index is 0.402. The van der Waals surface area contributed by atoms with Crippen LogP contribution in [0.3, 0.4) is 0 Å². The molecule has 2 aromatic heterocycles. The van der Waals surface area contributed by atoms with Crippen molar-refractivity contribution in [3.05, 3.63) is 41.7 Å². The topological polar surface area (TPSA) is 105 Å². The highest BCUT2D eigenvalue weighted by Crippen LogP contribution is 2.38. The second-order valence-electron chi connectivity index (χ2n) is 6.44. The van der Waals surface area contributed by atoms with E-state index in [2.05, 4.69) is 31.1 Å². The van der Waals surface area contributed by atoms with Crippen LogP contribution in [0.25, 0.3) is 11.4 Å². The summed E-state index contributed by atoms with van der Waals surface area (Å²) in [4.78, 5) is 12.0. The number of aromatic nitrogens is 4. The fourth-order valence-corrected chi connectivity index (χ4v) is 5.03. The molecule has 3 heterocycles. The number of hydrogen-bond donors (Lipinski definition) is 1. The van der Waals surface area contributed by atoms with Crippen molar-refractivity contribution in [3.63, 3.8) is 0 Å². The molecule has 4 rings (SSSR count). The minimum absolute atomic E-state index is 0.402. The van der Waals surface area contributed by atoms with Gasteiger partial charge >= 0.3 is 0 Å². The van der Waals surface area contributed by atoms with Crippen molar-refractivity contribution in [2.24, 2.45) is 5.73 Å². The Hall–Kier alpha value is -2.54. The molecule has 0 atom stereocenters. The molecule has 0 amide bonds. The second kappa shape index (κ2) is 8.65. The SMILES string of the molecule is N#Cc1ccc(-c2ncc(CN)cn2)c(Sc2nnc(N3CCCCC3)s2)c1. The molecular formula is C19H19N7S2. The van der Waals surface area contributed by atoms with E-state index < -0.39 is 0 Å². The summed E-state index contributed by atoms with van der Waals surface area (Å²) < 4.78 is 0.843. The molecule has 142 valence electrons. The average molecular weight is 410 g/mol. The zero-order valence-electron chi connectivity index (χ0n) is 15.2. The number of piperidine rings is 1. The van der Waals surface area contributed by atoms with Gasteiger partial charge in [0.05, 0.1) is 11.6 Å². The van der Waals surface area contributed by atoms with E-state index in [0.717, 1.165) is 38.6 Å². The van der Waals surface area contributed by atoms with Gasteiger partial charge in [0.1, 0.15) is 0 Å². The number of nitrogens with zero attached hydrogens (tertiary/aromatic N) is 6. The molecule has 1 aliphatic rings. The standard InChI is InChI=1S/C19H19N7S2/c20-9-13-4-5-15(17-22-11-14(10-21)12-23-17)16(8-13)27-19-25-24-18(28-19)26-6-2-1-3-7-26/h4-5,8,11-12H,1-3,6-7,10,21H2. The number of hydrogen-bond acceptors (Lipinski definition) is 9. The van der Waals surface area contributed by atoms with Gasteiger partial charge < -0.3 is 10.6 Å². The molecular weight excluding hydrogens is 390 g/mol. The largest absolute Gasteiger partial charge is 0.347 e. The summed E-state index contributed by atoms with van der Waals surface area (Å²) >= 11 is 3.08. The summed E-state index contributed by atoms with van der Waals surface area (Å²) in [5.74, 6) is 0.602. The first-order valence-corrected chi connectivity index (χ1v) is 10.7. The number of anilines is 1. The zero-order valence-corrected chi connectivity index (χ0v) is 16.8. The van der Waals surface area contributed by atoms with Crippen LogP contribution in [0.4, 0.5) is 5.13 Å². The van der Waals surface area contributed by atoms with Crippen LogP contribution in [0.5, 0.6) is 0 Å². The van der Waals surface area contributed by atoms with Crippen molar-refractivity contribution in [1.29, 1.82) is 5.26 Å². The van der Waals surface area contributed by atoms with Gasteiger partial charge in [-0.1, -0.05) is 23.1 Å². The van der Waals surface area contributed by atoms with E-state index >= 15 is 0 Å². The molecule has 0 radical (unpaired) electrons. The van der Waals surface area contributed by atoms with Gasteiger partial charge in [-0.25, -0.2) is 9.97 Å². The van der Waals surface area contributed by atoms with E-state index in [4.69, 9.17) is 5.73 Å². The Bertz CT molecular complexity index is 988. The molecule has 2 N–H and O–H groups in total. The van der Waals surface area contributed by atoms with Crippen molar-refractivity contribution in [2.75, 3.05) is 18.0 Å². The van der Waals surface area contributed by atoms with Crippen LogP contribution in [-0.2, 0) is 6.54 Å². The maximum Gasteiger partial charge on any atom is 0.209 e. The van der Waals surface area contributed by atoms with E-state index in [9.17, 15) is 5.26 Å². The first-order chi connectivity index (χ1) is 13.8. The summed E-state index contributed by atoms with van der Waals surface area (Å²) in [6.45, 7) is 2.48. The van der Waals surface area contributed by atoms with Gasteiger partial charge in [0.2, 0.25) is 5.13 Å². The molecule has 7 nitrogen and oxygen atoms in total. The van der Waals surface area contributed by atoms with Gasteiger partial charge in [-0.15, -0.1) is 10.2 Å². The van der Waals surface area contributed by atoms with Gasteiger partial charge in [-0.05, 0) is 37.5 Å². The molecule has 1 aromatic carbocycles. The van der Waals surface area contributed by atoms with Crippen molar-refractivity contribution >= 4 is 28.2 Å². The molecule has 1 saturated heterocycles. The van der Waals surface area contributed by atoms with Crippen LogP contribution in [0.2, 0.25) is 0 Å². The number of benzene rings is 1. The van der Waals surface area contributed by atoms with Crippen LogP contribution in [-0.4, -0.2) is 33.3 Å². The third kappa shape index (κ3) is 4.14. The predicted octanol–water partition coefficient (Wildman–Crippen LogP) is 3.47. The highest BCUT2D eigenvalue weighted by Gasteiger charge is 2.18. The highest BCUT2D eigenvalue weighted by atomic mass is 32.2. The highest BCUT2D eigenvalue weighted by molar-refractivity contribution is 8.01. The molecule has 0 saturated carbocycles. The number of nitrogens with two attached hydrogens (primary N) is 1. The van der Waals surface area contributed by atoms with Crippen LogP contribution < -0.4 is 10.6 Å². The smallest absolute Gasteiger partial charge is 0.209 e. The van der Waals surface area contributed by atoms with Crippen LogP contribution in [0.15, 0.2) is 39.8 Å². The lowest BCUT2D eigenvalue weighted by atomic mass is 10.1. The Morgan fingerprint density at radius 2 is 1.93 bits per heavy atom. The summed E-state index contributed by atoms with van der Waals surface area (Å²) in [6, 6.07) is 7.70. The number of nitriles is 1. The van der Waals surface area contributed by atoms with Crippen LogP contribution in [0, 0.1) is 11.3 Å². The normalized spacial score (nSPS) is 14.1. The van der Waals surface area contributed by atoms with E-state index in [1.807, 2.05) is 12.1 Å². The monoisotopic (exact) mass is 409 g/mol. The molecule has 9 heteroatoms. The molecule has 0 aliphatic carbocycles. The lowest BCUT2D eigenvalue weighted by Gasteiger charge is -2.25. The quantitative estimate of drug-likeness (QED) is 0.683. The van der Waals surface area contributed by atoms with Gasteiger partial charge in [0.25, 0.3) is 0 Å². The molecule has 1 aliphatic heterocycles. The van der Waals surface area contributed by atoms with Crippen LogP contribution in [0.1, 0.15) is 30.4 Å². The Kier molecular flexibility index (Phi) is 5.81. The maximum atomic E-state index is 9.30. The Morgan fingerprint density at radius 1 is 1.14 bits per heavy atom. The van der Waals surface area contributed by atoms with Gasteiger partial charge in [0, 0.05) is 48.1 Å². The molecule has 28 heavy (non-hydrogen) atoms. The van der Waals surface area contributed by atoms with E-state index in [0.29, 0.717) is 17.9 Å². The fraction of sp³-hybridized carbons (Fsp3) is 0.316. The van der Waals surface area contributed by atoms with Gasteiger partial charge in [-0.3, -0.25) is 0 Å². The summed E-state index contributed by atoms with van der Waals surface area (Å²) in [7, 11) is 0. The summed E-state index contributed by atoms with van der Waals surface area (Å²) in [5.41, 5.74) is 7.96. The third-order valence-electron chi connectivity index (χ3n) is 4.51. The molecule has 3 aromatic rings. The minimum Gasteiger partial charge on any atom is -0.347 e. The Labute approximate surface area is 171 Å².